The number of guanidine groups is 1. The van der Waals surface area contributed by atoms with Gasteiger partial charge in [0, 0.05) is 46.7 Å². The molecule has 37 heavy (non-hydrogen) atoms. The normalized spacial score (nSPS) is 11.6. The van der Waals surface area contributed by atoms with Crippen LogP contribution in [0.5, 0.6) is 11.5 Å². The highest BCUT2D eigenvalue weighted by molar-refractivity contribution is 6.08. The van der Waals surface area contributed by atoms with Crippen LogP contribution in [0, 0.1) is 13.8 Å². The number of ether oxygens (including phenoxy) is 2. The summed E-state index contributed by atoms with van der Waals surface area (Å²) in [5.74, 6) is 1.75. The number of nitrogens with zero attached hydrogens (tertiary/aromatic N) is 3. The molecule has 1 amide bonds. The van der Waals surface area contributed by atoms with E-state index in [4.69, 9.17) is 9.47 Å². The molecular formula is C28H30N6O3. The van der Waals surface area contributed by atoms with Gasteiger partial charge in [-0.2, -0.15) is 0 Å². The Labute approximate surface area is 215 Å². The SMILES string of the molecule is COc1ccc2[nH]cc(CCN=C(NC(=O)/C=C/c3ccccc3OC)Nc3nc(C)cc(C)n3)c2c1. The lowest BCUT2D eigenvalue weighted by Crippen LogP contribution is -2.35. The fourth-order valence-electron chi connectivity index (χ4n) is 3.91. The second-order valence-corrected chi connectivity index (χ2v) is 8.37. The summed E-state index contributed by atoms with van der Waals surface area (Å²) in [5.41, 5.74) is 4.53. The van der Waals surface area contributed by atoms with Crippen molar-refractivity contribution in [3.05, 3.63) is 83.3 Å². The number of carbonyl (C=O) groups is 1. The zero-order valence-electron chi connectivity index (χ0n) is 21.3. The number of amides is 1. The van der Waals surface area contributed by atoms with Gasteiger partial charge in [-0.05, 0) is 62.2 Å². The van der Waals surface area contributed by atoms with Gasteiger partial charge in [0.1, 0.15) is 11.5 Å². The quantitative estimate of drug-likeness (QED) is 0.188. The van der Waals surface area contributed by atoms with Crippen molar-refractivity contribution >= 4 is 34.8 Å². The van der Waals surface area contributed by atoms with Crippen LogP contribution >= 0.6 is 0 Å². The number of H-pyrrole nitrogens is 1. The van der Waals surface area contributed by atoms with Crippen molar-refractivity contribution in [2.24, 2.45) is 4.99 Å². The molecule has 9 heteroatoms. The number of aromatic nitrogens is 3. The molecule has 0 aliphatic rings. The lowest BCUT2D eigenvalue weighted by molar-refractivity contribution is -0.115. The zero-order chi connectivity index (χ0) is 26.2. The van der Waals surface area contributed by atoms with Crippen LogP contribution < -0.4 is 20.1 Å². The highest BCUT2D eigenvalue weighted by Crippen LogP contribution is 2.24. The number of carbonyl (C=O) groups excluding carboxylic acids is 1. The van der Waals surface area contributed by atoms with E-state index in [1.165, 1.54) is 6.08 Å². The molecule has 2 heterocycles. The first-order valence-electron chi connectivity index (χ1n) is 11.8. The molecule has 0 fully saturated rings. The predicted octanol–water partition coefficient (Wildman–Crippen LogP) is 4.43. The number of hydrogen-bond acceptors (Lipinski definition) is 6. The monoisotopic (exact) mass is 498 g/mol. The van der Waals surface area contributed by atoms with Gasteiger partial charge in [-0.15, -0.1) is 0 Å². The molecule has 190 valence electrons. The van der Waals surface area contributed by atoms with Crippen molar-refractivity contribution in [1.82, 2.24) is 20.3 Å². The Morgan fingerprint density at radius 3 is 2.59 bits per heavy atom. The number of nitrogens with one attached hydrogen (secondary N) is 3. The number of benzene rings is 2. The standard InChI is InChI=1S/C28H30N6O3/c1-18-15-19(2)32-28(31-18)34-27(33-26(35)12-9-20-7-5-6-8-25(20)37-4)29-14-13-21-17-30-24-11-10-22(36-3)16-23(21)24/h5-12,15-17,30H,13-14H2,1-4H3,(H2,29,31,32,33,34,35)/b12-9+. The molecule has 2 aromatic heterocycles. The van der Waals surface area contributed by atoms with Crippen LogP contribution in [-0.4, -0.2) is 47.6 Å². The summed E-state index contributed by atoms with van der Waals surface area (Å²) in [7, 11) is 3.24. The van der Waals surface area contributed by atoms with Gasteiger partial charge in [0.2, 0.25) is 11.9 Å². The van der Waals surface area contributed by atoms with Crippen LogP contribution in [0.3, 0.4) is 0 Å². The zero-order valence-corrected chi connectivity index (χ0v) is 21.3. The average molecular weight is 499 g/mol. The molecule has 9 nitrogen and oxygen atoms in total. The van der Waals surface area contributed by atoms with E-state index in [2.05, 4.69) is 30.6 Å². The Bertz CT molecular complexity index is 1440. The lowest BCUT2D eigenvalue weighted by Gasteiger charge is -2.10. The fourth-order valence-corrected chi connectivity index (χ4v) is 3.91. The van der Waals surface area contributed by atoms with Gasteiger partial charge in [-0.1, -0.05) is 18.2 Å². The number of methoxy groups -OCH3 is 2. The molecule has 2 aromatic carbocycles. The Kier molecular flexibility index (Phi) is 8.15. The number of para-hydroxylation sites is 1. The van der Waals surface area contributed by atoms with Crippen LogP contribution in [-0.2, 0) is 11.2 Å². The fraction of sp³-hybridized carbons (Fsp3) is 0.214. The molecular weight excluding hydrogens is 468 g/mol. The molecule has 0 saturated carbocycles. The number of fused-ring (bicyclic) bond motifs is 1. The van der Waals surface area contributed by atoms with Crippen molar-refractivity contribution in [1.29, 1.82) is 0 Å². The van der Waals surface area contributed by atoms with E-state index in [0.717, 1.165) is 39.2 Å². The molecule has 4 aromatic rings. The van der Waals surface area contributed by atoms with E-state index in [0.29, 0.717) is 24.7 Å². The summed E-state index contributed by atoms with van der Waals surface area (Å²) in [6.45, 7) is 4.20. The molecule has 0 spiro atoms. The molecule has 0 radical (unpaired) electrons. The van der Waals surface area contributed by atoms with Crippen LogP contribution in [0.4, 0.5) is 5.95 Å². The maximum atomic E-state index is 12.8. The van der Waals surface area contributed by atoms with E-state index in [-0.39, 0.29) is 11.9 Å². The maximum Gasteiger partial charge on any atom is 0.250 e. The van der Waals surface area contributed by atoms with E-state index >= 15 is 0 Å². The number of hydrogen-bond donors (Lipinski definition) is 3. The molecule has 0 saturated heterocycles. The summed E-state index contributed by atoms with van der Waals surface area (Å²) in [5, 5.41) is 6.94. The minimum Gasteiger partial charge on any atom is -0.497 e. The summed E-state index contributed by atoms with van der Waals surface area (Å²) in [4.78, 5) is 29.5. The van der Waals surface area contributed by atoms with E-state index in [9.17, 15) is 4.79 Å². The second kappa shape index (κ2) is 11.9. The number of anilines is 1. The van der Waals surface area contributed by atoms with Crippen LogP contribution in [0.1, 0.15) is 22.5 Å². The van der Waals surface area contributed by atoms with E-state index in [1.54, 1.807) is 20.3 Å². The molecule has 0 aliphatic carbocycles. The minimum absolute atomic E-state index is 0.261. The first-order chi connectivity index (χ1) is 17.9. The maximum absolute atomic E-state index is 12.8. The molecule has 4 rings (SSSR count). The van der Waals surface area contributed by atoms with Crippen molar-refractivity contribution < 1.29 is 14.3 Å². The summed E-state index contributed by atoms with van der Waals surface area (Å²) in [6.07, 6.45) is 5.75. The highest BCUT2D eigenvalue weighted by Gasteiger charge is 2.09. The summed E-state index contributed by atoms with van der Waals surface area (Å²) < 4.78 is 10.7. The van der Waals surface area contributed by atoms with Gasteiger partial charge in [0.15, 0.2) is 0 Å². The van der Waals surface area contributed by atoms with Gasteiger partial charge in [0.25, 0.3) is 5.91 Å². The predicted molar refractivity (Wildman–Crippen MR) is 146 cm³/mol. The third-order valence-electron chi connectivity index (χ3n) is 5.63. The van der Waals surface area contributed by atoms with Crippen LogP contribution in [0.15, 0.2) is 65.8 Å². The number of rotatable bonds is 8. The van der Waals surface area contributed by atoms with Gasteiger partial charge < -0.3 is 14.5 Å². The van der Waals surface area contributed by atoms with Crippen molar-refractivity contribution in [3.8, 4) is 11.5 Å². The molecule has 0 unspecified atom stereocenters. The van der Waals surface area contributed by atoms with Crippen molar-refractivity contribution in [3.63, 3.8) is 0 Å². The minimum atomic E-state index is -0.349. The summed E-state index contributed by atoms with van der Waals surface area (Å²) in [6, 6.07) is 15.2. The third kappa shape index (κ3) is 6.72. The van der Waals surface area contributed by atoms with Gasteiger partial charge in [-0.3, -0.25) is 20.4 Å². The van der Waals surface area contributed by atoms with Crippen LogP contribution in [0.25, 0.3) is 17.0 Å². The summed E-state index contributed by atoms with van der Waals surface area (Å²) >= 11 is 0. The first kappa shape index (κ1) is 25.4. The Balaban J connectivity index is 1.52. The topological polar surface area (TPSA) is 114 Å². The molecule has 0 aliphatic heterocycles. The van der Waals surface area contributed by atoms with Gasteiger partial charge >= 0.3 is 0 Å². The van der Waals surface area contributed by atoms with Gasteiger partial charge in [0.05, 0.1) is 14.2 Å². The van der Waals surface area contributed by atoms with E-state index < -0.39 is 0 Å². The Morgan fingerprint density at radius 2 is 1.84 bits per heavy atom. The highest BCUT2D eigenvalue weighted by atomic mass is 16.5. The number of aryl methyl sites for hydroxylation is 2. The Hall–Kier alpha value is -4.66. The molecule has 0 atom stereocenters. The Morgan fingerprint density at radius 1 is 1.05 bits per heavy atom. The molecule has 0 bridgehead atoms. The van der Waals surface area contributed by atoms with Crippen molar-refractivity contribution in [2.75, 3.05) is 26.1 Å². The van der Waals surface area contributed by atoms with Crippen molar-refractivity contribution in [2.45, 2.75) is 20.3 Å². The largest absolute Gasteiger partial charge is 0.497 e. The first-order valence-corrected chi connectivity index (χ1v) is 11.8. The second-order valence-electron chi connectivity index (χ2n) is 8.37. The third-order valence-corrected chi connectivity index (χ3v) is 5.63. The number of aromatic amines is 1. The average Bonchev–Trinajstić information content (AvgIpc) is 3.29. The van der Waals surface area contributed by atoms with Crippen LogP contribution in [0.2, 0.25) is 0 Å². The van der Waals surface area contributed by atoms with E-state index in [1.807, 2.05) is 68.6 Å². The lowest BCUT2D eigenvalue weighted by atomic mass is 10.1. The smallest absolute Gasteiger partial charge is 0.250 e. The van der Waals surface area contributed by atoms with Gasteiger partial charge in [-0.25, -0.2) is 9.97 Å². The molecule has 3 N–H and O–H groups in total. The number of aliphatic imine (C=N–C) groups is 1.